The fourth-order valence-corrected chi connectivity index (χ4v) is 3.51. The van der Waals surface area contributed by atoms with E-state index in [1.165, 1.54) is 31.0 Å². The average Bonchev–Trinajstić information content (AvgIpc) is 2.99. The van der Waals surface area contributed by atoms with Crippen molar-refractivity contribution in [3.8, 4) is 5.75 Å². The zero-order valence-corrected chi connectivity index (χ0v) is 16.0. The van der Waals surface area contributed by atoms with Gasteiger partial charge in [-0.25, -0.2) is 9.79 Å². The third-order valence-corrected chi connectivity index (χ3v) is 4.91. The summed E-state index contributed by atoms with van der Waals surface area (Å²) in [5, 5.41) is 9.94. The molecule has 3 rings (SSSR count). The van der Waals surface area contributed by atoms with Crippen molar-refractivity contribution in [2.75, 3.05) is 13.7 Å². The molecule has 0 bridgehead atoms. The summed E-state index contributed by atoms with van der Waals surface area (Å²) in [5.74, 6) is -0.427. The smallest absolute Gasteiger partial charge is 0.337 e. The molecule has 1 fully saturated rings. The molecule has 7 heteroatoms. The van der Waals surface area contributed by atoms with Gasteiger partial charge in [0.1, 0.15) is 5.75 Å². The second-order valence-corrected chi connectivity index (χ2v) is 6.85. The number of nitrogens with zero attached hydrogens (tertiary/aromatic N) is 2. The van der Waals surface area contributed by atoms with Crippen LogP contribution in [0.15, 0.2) is 71.1 Å². The maximum Gasteiger partial charge on any atom is 0.337 e. The van der Waals surface area contributed by atoms with Crippen molar-refractivity contribution in [3.05, 3.63) is 77.2 Å². The Morgan fingerprint density at radius 1 is 1.21 bits per heavy atom. The lowest BCUT2D eigenvalue weighted by atomic mass is 10.1. The van der Waals surface area contributed by atoms with Crippen LogP contribution in [0.4, 0.5) is 5.69 Å². The van der Waals surface area contributed by atoms with Crippen LogP contribution in [-0.2, 0) is 9.53 Å². The van der Waals surface area contributed by atoms with Crippen LogP contribution in [0.3, 0.4) is 0 Å². The van der Waals surface area contributed by atoms with Gasteiger partial charge in [0.25, 0.3) is 5.91 Å². The SMILES string of the molecule is C=CCN1C(=O)/C(=C/c2ccc(C(=O)OC)cc2)SC1=Nc1ccc(O)cc1. The van der Waals surface area contributed by atoms with Crippen molar-refractivity contribution in [3.63, 3.8) is 0 Å². The number of thioether (sulfide) groups is 1. The number of ether oxygens (including phenoxy) is 1. The standard InChI is InChI=1S/C21H18N2O4S/c1-3-12-23-19(25)18(13-14-4-6-15(7-5-14)20(26)27-2)28-21(23)22-16-8-10-17(24)11-9-16/h3-11,13,24H,1,12H2,2H3/b18-13-,22-21?. The molecule has 142 valence electrons. The quantitative estimate of drug-likeness (QED) is 0.472. The minimum Gasteiger partial charge on any atom is -0.508 e. The van der Waals surface area contributed by atoms with Crippen LogP contribution in [0.25, 0.3) is 6.08 Å². The van der Waals surface area contributed by atoms with E-state index in [1.807, 2.05) is 0 Å². The number of amides is 1. The molecule has 6 nitrogen and oxygen atoms in total. The van der Waals surface area contributed by atoms with Crippen LogP contribution >= 0.6 is 11.8 Å². The highest BCUT2D eigenvalue weighted by atomic mass is 32.2. The summed E-state index contributed by atoms with van der Waals surface area (Å²) in [6.07, 6.45) is 3.39. The number of phenolic OH excluding ortho intramolecular Hbond substituents is 1. The largest absolute Gasteiger partial charge is 0.508 e. The Kier molecular flexibility index (Phi) is 5.96. The van der Waals surface area contributed by atoms with E-state index in [9.17, 15) is 14.7 Å². The number of rotatable bonds is 5. The highest BCUT2D eigenvalue weighted by Crippen LogP contribution is 2.34. The fourth-order valence-electron chi connectivity index (χ4n) is 2.50. The Bertz CT molecular complexity index is 963. The zero-order valence-electron chi connectivity index (χ0n) is 15.2. The minimum absolute atomic E-state index is 0.151. The topological polar surface area (TPSA) is 79.2 Å². The van der Waals surface area contributed by atoms with Gasteiger partial charge in [-0.15, -0.1) is 6.58 Å². The van der Waals surface area contributed by atoms with Crippen LogP contribution in [0, 0.1) is 0 Å². The van der Waals surface area contributed by atoms with Crippen molar-refractivity contribution >= 4 is 40.6 Å². The van der Waals surface area contributed by atoms with E-state index in [4.69, 9.17) is 0 Å². The van der Waals surface area contributed by atoms with E-state index >= 15 is 0 Å². The fraction of sp³-hybridized carbons (Fsp3) is 0.0952. The number of hydrogen-bond donors (Lipinski definition) is 1. The number of benzene rings is 2. The maximum atomic E-state index is 12.8. The van der Waals surface area contributed by atoms with Gasteiger partial charge in [0.15, 0.2) is 5.17 Å². The summed E-state index contributed by atoms with van der Waals surface area (Å²) >= 11 is 1.26. The first-order chi connectivity index (χ1) is 13.5. The molecule has 1 aliphatic heterocycles. The molecular formula is C21H18N2O4S. The molecule has 0 saturated carbocycles. The van der Waals surface area contributed by atoms with Crippen LogP contribution < -0.4 is 0 Å². The van der Waals surface area contributed by atoms with Crippen molar-refractivity contribution in [1.82, 2.24) is 4.90 Å². The highest BCUT2D eigenvalue weighted by molar-refractivity contribution is 8.18. The molecular weight excluding hydrogens is 376 g/mol. The summed E-state index contributed by atoms with van der Waals surface area (Å²) in [6.45, 7) is 4.04. The number of aromatic hydroxyl groups is 1. The molecule has 0 aromatic heterocycles. The van der Waals surface area contributed by atoms with Gasteiger partial charge >= 0.3 is 5.97 Å². The maximum absolute atomic E-state index is 12.8. The van der Waals surface area contributed by atoms with Gasteiger partial charge in [-0.1, -0.05) is 18.2 Å². The average molecular weight is 394 g/mol. The number of amidine groups is 1. The first-order valence-electron chi connectivity index (χ1n) is 8.40. The summed E-state index contributed by atoms with van der Waals surface area (Å²) in [7, 11) is 1.33. The molecule has 1 amide bonds. The lowest BCUT2D eigenvalue weighted by Gasteiger charge is -2.12. The van der Waals surface area contributed by atoms with Gasteiger partial charge in [-0.2, -0.15) is 0 Å². The molecule has 0 atom stereocenters. The van der Waals surface area contributed by atoms with Gasteiger partial charge in [-0.05, 0) is 59.8 Å². The zero-order chi connectivity index (χ0) is 20.1. The van der Waals surface area contributed by atoms with E-state index in [0.29, 0.717) is 27.9 Å². The second-order valence-electron chi connectivity index (χ2n) is 5.84. The van der Waals surface area contributed by atoms with Crippen LogP contribution in [0.5, 0.6) is 5.75 Å². The number of hydrogen-bond acceptors (Lipinski definition) is 6. The molecule has 2 aromatic rings. The molecule has 0 radical (unpaired) electrons. The van der Waals surface area contributed by atoms with Crippen LogP contribution in [-0.4, -0.2) is 40.7 Å². The summed E-state index contributed by atoms with van der Waals surface area (Å²) < 4.78 is 4.69. The monoisotopic (exact) mass is 394 g/mol. The third kappa shape index (κ3) is 4.32. The van der Waals surface area contributed by atoms with Crippen molar-refractivity contribution < 1.29 is 19.4 Å². The third-order valence-electron chi connectivity index (χ3n) is 3.90. The molecule has 28 heavy (non-hydrogen) atoms. The number of carbonyl (C=O) groups excluding carboxylic acids is 2. The molecule has 1 N–H and O–H groups in total. The number of methoxy groups -OCH3 is 1. The Morgan fingerprint density at radius 2 is 1.89 bits per heavy atom. The normalized spacial score (nSPS) is 16.6. The van der Waals surface area contributed by atoms with E-state index < -0.39 is 5.97 Å². The lowest BCUT2D eigenvalue weighted by Crippen LogP contribution is -2.29. The van der Waals surface area contributed by atoms with Crippen molar-refractivity contribution in [2.24, 2.45) is 4.99 Å². The molecule has 1 aliphatic rings. The first kappa shape index (κ1) is 19.4. The summed E-state index contributed by atoms with van der Waals surface area (Å²) in [4.78, 5) is 30.9. The van der Waals surface area contributed by atoms with Crippen molar-refractivity contribution in [1.29, 1.82) is 0 Å². The van der Waals surface area contributed by atoms with Gasteiger partial charge in [0.2, 0.25) is 0 Å². The van der Waals surface area contributed by atoms with Crippen molar-refractivity contribution in [2.45, 2.75) is 0 Å². The molecule has 0 unspecified atom stereocenters. The van der Waals surface area contributed by atoms with E-state index in [-0.39, 0.29) is 11.7 Å². The highest BCUT2D eigenvalue weighted by Gasteiger charge is 2.32. The Morgan fingerprint density at radius 3 is 2.50 bits per heavy atom. The predicted octanol–water partition coefficient (Wildman–Crippen LogP) is 3.97. The number of carbonyl (C=O) groups is 2. The number of esters is 1. The summed E-state index contributed by atoms with van der Waals surface area (Å²) in [5.41, 5.74) is 1.86. The van der Waals surface area contributed by atoms with Gasteiger partial charge < -0.3 is 9.84 Å². The van der Waals surface area contributed by atoms with E-state index in [1.54, 1.807) is 53.5 Å². The van der Waals surface area contributed by atoms with Gasteiger partial charge in [0, 0.05) is 6.54 Å². The van der Waals surface area contributed by atoms with Gasteiger partial charge in [0.05, 0.1) is 23.3 Å². The Labute approximate surface area is 166 Å². The van der Waals surface area contributed by atoms with Crippen LogP contribution in [0.1, 0.15) is 15.9 Å². The predicted molar refractivity (Wildman–Crippen MR) is 110 cm³/mol. The lowest BCUT2D eigenvalue weighted by molar-refractivity contribution is -0.121. The minimum atomic E-state index is -0.411. The molecule has 0 aliphatic carbocycles. The molecule has 1 heterocycles. The molecule has 0 spiro atoms. The Balaban J connectivity index is 1.89. The summed E-state index contributed by atoms with van der Waals surface area (Å²) in [6, 6.07) is 13.2. The van der Waals surface area contributed by atoms with E-state index in [2.05, 4.69) is 16.3 Å². The Hall–Kier alpha value is -3.32. The second kappa shape index (κ2) is 8.58. The van der Waals surface area contributed by atoms with Gasteiger partial charge in [-0.3, -0.25) is 9.69 Å². The molecule has 2 aromatic carbocycles. The molecule has 1 saturated heterocycles. The number of phenols is 1. The first-order valence-corrected chi connectivity index (χ1v) is 9.22. The van der Waals surface area contributed by atoms with Crippen LogP contribution in [0.2, 0.25) is 0 Å². The number of aliphatic imine (C=N–C) groups is 1. The van der Waals surface area contributed by atoms with E-state index in [0.717, 1.165) is 5.56 Å².